The van der Waals surface area contributed by atoms with Crippen LogP contribution in [0.25, 0.3) is 0 Å². The number of rotatable bonds is 10. The van der Waals surface area contributed by atoms with Gasteiger partial charge in [0.25, 0.3) is 0 Å². The number of amides is 1. The Morgan fingerprint density at radius 1 is 1.26 bits per heavy atom. The minimum atomic E-state index is -0.120. The molecule has 27 heavy (non-hydrogen) atoms. The Hall–Kier alpha value is -2.87. The number of guanidine groups is 1. The monoisotopic (exact) mass is 372 g/mol. The van der Waals surface area contributed by atoms with Gasteiger partial charge in [0.05, 0.1) is 13.2 Å². The van der Waals surface area contributed by atoms with E-state index in [1.165, 1.54) is 0 Å². The number of hydrogen-bond acceptors (Lipinski definition) is 4. The third kappa shape index (κ3) is 7.91. The Morgan fingerprint density at radius 3 is 2.89 bits per heavy atom. The number of nitrogens with one attached hydrogen (secondary N) is 3. The lowest BCUT2D eigenvalue weighted by atomic mass is 10.2. The Morgan fingerprint density at radius 2 is 2.15 bits per heavy atom. The fraction of sp³-hybridized carbons (Fsp3) is 0.421. The predicted molar refractivity (Wildman–Crippen MR) is 107 cm³/mol. The van der Waals surface area contributed by atoms with Gasteiger partial charge in [0.1, 0.15) is 6.54 Å². The normalized spacial score (nSPS) is 11.3. The van der Waals surface area contributed by atoms with Crippen molar-refractivity contribution in [1.82, 2.24) is 20.4 Å². The summed E-state index contributed by atoms with van der Waals surface area (Å²) in [6.45, 7) is 7.51. The number of benzene rings is 1. The molecule has 2 rings (SSSR count). The van der Waals surface area contributed by atoms with Gasteiger partial charge in [-0.05, 0) is 37.6 Å². The highest BCUT2D eigenvalue weighted by atomic mass is 16.5. The molecule has 2 aromatic rings. The van der Waals surface area contributed by atoms with E-state index in [9.17, 15) is 4.79 Å². The van der Waals surface area contributed by atoms with E-state index in [-0.39, 0.29) is 12.5 Å². The first-order valence-electron chi connectivity index (χ1n) is 9.17. The zero-order valence-corrected chi connectivity index (χ0v) is 15.9. The molecule has 8 nitrogen and oxygen atoms in total. The van der Waals surface area contributed by atoms with Crippen LogP contribution in [-0.4, -0.2) is 48.0 Å². The van der Waals surface area contributed by atoms with Crippen LogP contribution in [0.5, 0.6) is 0 Å². The molecule has 0 unspecified atom stereocenters. The van der Waals surface area contributed by atoms with Crippen LogP contribution in [0.1, 0.15) is 19.4 Å². The lowest BCUT2D eigenvalue weighted by Crippen LogP contribution is -2.39. The summed E-state index contributed by atoms with van der Waals surface area (Å²) < 4.78 is 6.91. The summed E-state index contributed by atoms with van der Waals surface area (Å²) in [5.74, 6) is 0.621. The van der Waals surface area contributed by atoms with Crippen LogP contribution in [0.4, 0.5) is 5.69 Å². The molecule has 0 fully saturated rings. The lowest BCUT2D eigenvalue weighted by molar-refractivity contribution is -0.116. The molecule has 1 heterocycles. The smallest absolute Gasteiger partial charge is 0.246 e. The number of ether oxygens (including phenoxy) is 1. The average molecular weight is 372 g/mol. The summed E-state index contributed by atoms with van der Waals surface area (Å²) >= 11 is 0. The molecule has 3 N–H and O–H groups in total. The highest BCUT2D eigenvalue weighted by Crippen LogP contribution is 2.11. The molecule has 0 saturated carbocycles. The molecule has 1 aromatic carbocycles. The molecular weight excluding hydrogens is 344 g/mol. The van der Waals surface area contributed by atoms with Crippen LogP contribution < -0.4 is 16.0 Å². The van der Waals surface area contributed by atoms with Crippen molar-refractivity contribution in [3.8, 4) is 0 Å². The Balaban J connectivity index is 1.89. The van der Waals surface area contributed by atoms with Crippen molar-refractivity contribution in [2.45, 2.75) is 26.9 Å². The van der Waals surface area contributed by atoms with E-state index in [0.717, 1.165) is 23.8 Å². The summed E-state index contributed by atoms with van der Waals surface area (Å²) in [6, 6.07) is 9.46. The third-order valence-electron chi connectivity index (χ3n) is 3.58. The minimum absolute atomic E-state index is 0.120. The van der Waals surface area contributed by atoms with Gasteiger partial charge in [0.15, 0.2) is 5.96 Å². The second-order valence-corrected chi connectivity index (χ2v) is 5.77. The second-order valence-electron chi connectivity index (χ2n) is 5.77. The average Bonchev–Trinajstić information content (AvgIpc) is 3.16. The fourth-order valence-electron chi connectivity index (χ4n) is 2.39. The van der Waals surface area contributed by atoms with Crippen LogP contribution >= 0.6 is 0 Å². The van der Waals surface area contributed by atoms with Gasteiger partial charge in [-0.3, -0.25) is 9.48 Å². The Labute approximate surface area is 160 Å². The van der Waals surface area contributed by atoms with Crippen LogP contribution in [0.2, 0.25) is 0 Å². The molecule has 0 aliphatic heterocycles. The second kappa shape index (κ2) is 11.7. The van der Waals surface area contributed by atoms with Gasteiger partial charge in [0.2, 0.25) is 5.91 Å². The summed E-state index contributed by atoms with van der Waals surface area (Å²) in [7, 11) is 0. The van der Waals surface area contributed by atoms with E-state index in [1.807, 2.05) is 38.1 Å². The van der Waals surface area contributed by atoms with Crippen LogP contribution in [0, 0.1) is 0 Å². The largest absolute Gasteiger partial charge is 0.380 e. The molecule has 146 valence electrons. The van der Waals surface area contributed by atoms with E-state index in [1.54, 1.807) is 23.1 Å². The van der Waals surface area contributed by atoms with E-state index in [2.05, 4.69) is 26.0 Å². The Bertz CT molecular complexity index is 715. The fourth-order valence-corrected chi connectivity index (χ4v) is 2.39. The molecule has 0 bridgehead atoms. The molecule has 0 aliphatic rings. The first-order valence-corrected chi connectivity index (χ1v) is 9.17. The number of aromatic nitrogens is 2. The summed E-state index contributed by atoms with van der Waals surface area (Å²) in [6.07, 6.45) is 3.40. The number of nitrogens with zero attached hydrogens (tertiary/aromatic N) is 3. The van der Waals surface area contributed by atoms with E-state index < -0.39 is 0 Å². The highest BCUT2D eigenvalue weighted by molar-refractivity contribution is 5.90. The molecule has 0 saturated heterocycles. The maximum Gasteiger partial charge on any atom is 0.246 e. The van der Waals surface area contributed by atoms with Crippen molar-refractivity contribution in [3.63, 3.8) is 0 Å². The van der Waals surface area contributed by atoms with Gasteiger partial charge in [-0.2, -0.15) is 5.10 Å². The zero-order valence-electron chi connectivity index (χ0n) is 15.9. The zero-order chi connectivity index (χ0) is 19.3. The number of carbonyl (C=O) groups is 1. The van der Waals surface area contributed by atoms with Crippen LogP contribution in [-0.2, 0) is 22.6 Å². The van der Waals surface area contributed by atoms with Gasteiger partial charge in [-0.15, -0.1) is 0 Å². The van der Waals surface area contributed by atoms with Crippen molar-refractivity contribution in [3.05, 3.63) is 48.3 Å². The SMILES string of the molecule is CCNC(=NCc1cccc(NC(=O)Cn2cccn2)c1)NCCOCC. The number of anilines is 1. The molecule has 1 amide bonds. The van der Waals surface area contributed by atoms with Gasteiger partial charge < -0.3 is 20.7 Å². The van der Waals surface area contributed by atoms with Gasteiger partial charge >= 0.3 is 0 Å². The highest BCUT2D eigenvalue weighted by Gasteiger charge is 2.04. The van der Waals surface area contributed by atoms with Crippen molar-refractivity contribution in [1.29, 1.82) is 0 Å². The quantitative estimate of drug-likeness (QED) is 0.335. The predicted octanol–water partition coefficient (Wildman–Crippen LogP) is 1.61. The van der Waals surface area contributed by atoms with Crippen molar-refractivity contribution < 1.29 is 9.53 Å². The summed E-state index contributed by atoms with van der Waals surface area (Å²) in [5, 5.41) is 13.4. The molecule has 0 atom stereocenters. The number of hydrogen-bond donors (Lipinski definition) is 3. The summed E-state index contributed by atoms with van der Waals surface area (Å²) in [5.41, 5.74) is 1.75. The molecule has 0 spiro atoms. The number of aliphatic imine (C=N–C) groups is 1. The maximum absolute atomic E-state index is 12.1. The van der Waals surface area contributed by atoms with Crippen molar-refractivity contribution in [2.24, 2.45) is 4.99 Å². The molecular formula is C19H28N6O2. The first-order chi connectivity index (χ1) is 13.2. The summed E-state index contributed by atoms with van der Waals surface area (Å²) in [4.78, 5) is 16.7. The number of carbonyl (C=O) groups excluding carboxylic acids is 1. The van der Waals surface area contributed by atoms with E-state index in [0.29, 0.717) is 26.3 Å². The van der Waals surface area contributed by atoms with Gasteiger partial charge in [-0.25, -0.2) is 4.99 Å². The maximum atomic E-state index is 12.1. The Kier molecular flexibility index (Phi) is 8.85. The molecule has 1 aromatic heterocycles. The van der Waals surface area contributed by atoms with Gasteiger partial charge in [-0.1, -0.05) is 12.1 Å². The standard InChI is InChI=1S/C19H28N6O2/c1-3-20-19(21-10-12-27-4-2)22-14-16-7-5-8-17(13-16)24-18(26)15-25-11-6-9-23-25/h5-9,11,13H,3-4,10,12,14-15H2,1-2H3,(H,24,26)(H2,20,21,22). The van der Waals surface area contributed by atoms with Crippen molar-refractivity contribution in [2.75, 3.05) is 31.6 Å². The van der Waals surface area contributed by atoms with Crippen LogP contribution in [0.3, 0.4) is 0 Å². The van der Waals surface area contributed by atoms with Crippen molar-refractivity contribution >= 4 is 17.6 Å². The topological polar surface area (TPSA) is 92.6 Å². The van der Waals surface area contributed by atoms with E-state index in [4.69, 9.17) is 4.74 Å². The molecule has 0 aliphatic carbocycles. The minimum Gasteiger partial charge on any atom is -0.380 e. The van der Waals surface area contributed by atoms with E-state index >= 15 is 0 Å². The van der Waals surface area contributed by atoms with Gasteiger partial charge in [0, 0.05) is 37.8 Å². The lowest BCUT2D eigenvalue weighted by Gasteiger charge is -2.11. The first kappa shape index (κ1) is 20.4. The van der Waals surface area contributed by atoms with Crippen LogP contribution in [0.15, 0.2) is 47.7 Å². The molecule has 8 heteroatoms. The molecule has 0 radical (unpaired) electrons. The third-order valence-corrected chi connectivity index (χ3v) is 3.58.